The van der Waals surface area contributed by atoms with Crippen LogP contribution in [0.1, 0.15) is 40.2 Å². The second kappa shape index (κ2) is 8.73. The molecule has 0 unspecified atom stereocenters. The number of hydrogen-bond donors (Lipinski definition) is 3. The molecule has 0 atom stereocenters. The molecular weight excluding hydrogens is 320 g/mol. The van der Waals surface area contributed by atoms with Gasteiger partial charge >= 0.3 is 6.09 Å². The molecule has 0 aromatic carbocycles. The monoisotopic (exact) mass is 352 g/mol. The largest absolute Gasteiger partial charge is 0.444 e. The molecule has 0 saturated heterocycles. The summed E-state index contributed by atoms with van der Waals surface area (Å²) in [5, 5.41) is 13.5. The van der Waals surface area contributed by atoms with E-state index in [-0.39, 0.29) is 0 Å². The predicted octanol–water partition coefficient (Wildman–Crippen LogP) is 1.66. The number of carbonyl (C=O) groups is 1. The Kier molecular flexibility index (Phi) is 7.26. The Morgan fingerprint density at radius 2 is 1.96 bits per heavy atom. The van der Waals surface area contributed by atoms with Gasteiger partial charge in [0.05, 0.1) is 18.3 Å². The van der Waals surface area contributed by atoms with E-state index in [0.29, 0.717) is 19.0 Å². The third-order valence-corrected chi connectivity index (χ3v) is 3.16. The maximum Gasteiger partial charge on any atom is 0.408 e. The van der Waals surface area contributed by atoms with Crippen molar-refractivity contribution in [2.75, 3.05) is 20.1 Å². The molecule has 0 saturated carbocycles. The first-order valence-electron chi connectivity index (χ1n) is 8.45. The zero-order chi connectivity index (χ0) is 19.1. The van der Waals surface area contributed by atoms with Crippen molar-refractivity contribution in [3.8, 4) is 0 Å². The lowest BCUT2D eigenvalue weighted by Gasteiger charge is -2.29. The summed E-state index contributed by atoms with van der Waals surface area (Å²) in [6.45, 7) is 13.3. The first-order chi connectivity index (χ1) is 11.5. The number of carbonyl (C=O) groups excluding carboxylic acids is 1. The zero-order valence-electron chi connectivity index (χ0n) is 16.4. The fourth-order valence-electron chi connectivity index (χ4n) is 2.03. The van der Waals surface area contributed by atoms with Crippen molar-refractivity contribution < 1.29 is 9.53 Å². The van der Waals surface area contributed by atoms with E-state index in [1.54, 1.807) is 7.05 Å². The minimum absolute atomic E-state index is 0.434. The topological polar surface area (TPSA) is 92.6 Å². The van der Waals surface area contributed by atoms with Crippen LogP contribution in [-0.4, -0.2) is 53.1 Å². The average Bonchev–Trinajstić information content (AvgIpc) is 2.85. The number of aryl methyl sites for hydroxylation is 1. The molecular formula is C17H32N6O2. The molecule has 8 heteroatoms. The van der Waals surface area contributed by atoms with Gasteiger partial charge in [-0.15, -0.1) is 0 Å². The number of nitrogens with one attached hydrogen (secondary N) is 3. The van der Waals surface area contributed by atoms with Crippen LogP contribution in [0.25, 0.3) is 0 Å². The first kappa shape index (κ1) is 20.8. The van der Waals surface area contributed by atoms with Gasteiger partial charge in [-0.25, -0.2) is 4.79 Å². The molecule has 1 aromatic heterocycles. The molecule has 0 bridgehead atoms. The number of nitrogens with zero attached hydrogens (tertiary/aromatic N) is 3. The van der Waals surface area contributed by atoms with Gasteiger partial charge in [-0.05, 0) is 47.1 Å². The summed E-state index contributed by atoms with van der Waals surface area (Å²) in [5.41, 5.74) is 0.132. The number of ether oxygens (including phenoxy) is 1. The maximum atomic E-state index is 11.9. The molecule has 8 nitrogen and oxygen atoms in total. The Morgan fingerprint density at radius 3 is 2.48 bits per heavy atom. The molecule has 25 heavy (non-hydrogen) atoms. The highest BCUT2D eigenvalue weighted by Crippen LogP contribution is 2.09. The Labute approximate surface area is 150 Å². The van der Waals surface area contributed by atoms with Gasteiger partial charge < -0.3 is 20.7 Å². The summed E-state index contributed by atoms with van der Waals surface area (Å²) in [5.74, 6) is 0.669. The Hall–Kier alpha value is -2.25. The number of amides is 1. The van der Waals surface area contributed by atoms with Crippen molar-refractivity contribution >= 4 is 12.1 Å². The van der Waals surface area contributed by atoms with E-state index in [2.05, 4.69) is 26.0 Å². The lowest BCUT2D eigenvalue weighted by atomic mass is 10.1. The van der Waals surface area contributed by atoms with E-state index < -0.39 is 17.2 Å². The molecule has 0 spiro atoms. The second-order valence-corrected chi connectivity index (χ2v) is 7.64. The molecule has 142 valence electrons. The summed E-state index contributed by atoms with van der Waals surface area (Å²) in [4.78, 5) is 16.1. The van der Waals surface area contributed by atoms with Crippen LogP contribution in [-0.2, 0) is 11.3 Å². The Balaban J connectivity index is 2.38. The number of guanidine groups is 1. The number of hydrogen-bond acceptors (Lipinski definition) is 4. The zero-order valence-corrected chi connectivity index (χ0v) is 16.4. The molecule has 0 fully saturated rings. The van der Waals surface area contributed by atoms with E-state index in [1.807, 2.05) is 58.6 Å². The molecule has 1 heterocycles. The van der Waals surface area contributed by atoms with Crippen molar-refractivity contribution in [2.24, 2.45) is 4.99 Å². The molecule has 1 amide bonds. The summed E-state index contributed by atoms with van der Waals surface area (Å²) < 4.78 is 7.17. The number of aliphatic imine (C=N–C) groups is 1. The van der Waals surface area contributed by atoms with E-state index >= 15 is 0 Å². The molecule has 0 aliphatic heterocycles. The number of rotatable bonds is 6. The highest BCUT2D eigenvalue weighted by molar-refractivity contribution is 5.79. The Bertz CT molecular complexity index is 586. The van der Waals surface area contributed by atoms with E-state index in [1.165, 1.54) is 0 Å². The highest BCUT2D eigenvalue weighted by atomic mass is 16.6. The summed E-state index contributed by atoms with van der Waals surface area (Å²) >= 11 is 0. The van der Waals surface area contributed by atoms with Crippen LogP contribution in [0.5, 0.6) is 0 Å². The summed E-state index contributed by atoms with van der Waals surface area (Å²) in [6, 6.07) is 0. The van der Waals surface area contributed by atoms with Crippen LogP contribution in [0.2, 0.25) is 0 Å². The third-order valence-electron chi connectivity index (χ3n) is 3.16. The highest BCUT2D eigenvalue weighted by Gasteiger charge is 2.24. The normalized spacial score (nSPS) is 12.7. The van der Waals surface area contributed by atoms with E-state index in [9.17, 15) is 4.79 Å². The molecule has 3 N–H and O–H groups in total. The van der Waals surface area contributed by atoms with Gasteiger partial charge in [-0.1, -0.05) is 0 Å². The van der Waals surface area contributed by atoms with Crippen LogP contribution in [0, 0.1) is 6.92 Å². The predicted molar refractivity (Wildman–Crippen MR) is 99.8 cm³/mol. The van der Waals surface area contributed by atoms with Gasteiger partial charge in [0.1, 0.15) is 5.60 Å². The smallest absolute Gasteiger partial charge is 0.408 e. The average molecular weight is 352 g/mol. The van der Waals surface area contributed by atoms with Gasteiger partial charge in [-0.3, -0.25) is 9.67 Å². The molecule has 0 aliphatic carbocycles. The van der Waals surface area contributed by atoms with Crippen LogP contribution in [0.3, 0.4) is 0 Å². The van der Waals surface area contributed by atoms with Gasteiger partial charge in [-0.2, -0.15) is 5.10 Å². The summed E-state index contributed by atoms with van der Waals surface area (Å²) in [7, 11) is 1.71. The lowest BCUT2D eigenvalue weighted by Crippen LogP contribution is -2.54. The molecule has 1 rings (SSSR count). The standard InChI is InChI=1S/C17H32N6O2/c1-13-10-21-23(11-13)9-8-19-14(18-7)20-12-17(5,6)22-15(24)25-16(2,3)4/h10-11H,8-9,12H2,1-7H3,(H,22,24)(H2,18,19,20). The minimum atomic E-state index is -0.518. The molecule has 1 aromatic rings. The van der Waals surface area contributed by atoms with E-state index in [0.717, 1.165) is 12.1 Å². The third kappa shape index (κ3) is 8.97. The van der Waals surface area contributed by atoms with Crippen molar-refractivity contribution in [3.05, 3.63) is 18.0 Å². The molecule has 0 radical (unpaired) electrons. The summed E-state index contributed by atoms with van der Waals surface area (Å²) in [6.07, 6.45) is 3.39. The minimum Gasteiger partial charge on any atom is -0.444 e. The fourth-order valence-corrected chi connectivity index (χ4v) is 2.03. The van der Waals surface area contributed by atoms with Crippen LogP contribution in [0.15, 0.2) is 17.4 Å². The quantitative estimate of drug-likeness (QED) is 0.535. The fraction of sp³-hybridized carbons (Fsp3) is 0.706. The second-order valence-electron chi connectivity index (χ2n) is 7.64. The van der Waals surface area contributed by atoms with Gasteiger partial charge in [0.15, 0.2) is 5.96 Å². The van der Waals surface area contributed by atoms with Crippen molar-refractivity contribution in [3.63, 3.8) is 0 Å². The number of aromatic nitrogens is 2. The molecule has 0 aliphatic rings. The number of alkyl carbamates (subject to hydrolysis) is 1. The van der Waals surface area contributed by atoms with Crippen molar-refractivity contribution in [1.82, 2.24) is 25.7 Å². The van der Waals surface area contributed by atoms with Gasteiger partial charge in [0.2, 0.25) is 0 Å². The SMILES string of the molecule is CN=C(NCCn1cc(C)cn1)NCC(C)(C)NC(=O)OC(C)(C)C. The van der Waals surface area contributed by atoms with Gasteiger partial charge in [0.25, 0.3) is 0 Å². The van der Waals surface area contributed by atoms with Crippen LogP contribution < -0.4 is 16.0 Å². The van der Waals surface area contributed by atoms with E-state index in [4.69, 9.17) is 4.74 Å². The van der Waals surface area contributed by atoms with Crippen molar-refractivity contribution in [2.45, 2.75) is 59.2 Å². The Morgan fingerprint density at radius 1 is 1.28 bits per heavy atom. The van der Waals surface area contributed by atoms with Crippen LogP contribution in [0.4, 0.5) is 4.79 Å². The first-order valence-corrected chi connectivity index (χ1v) is 8.45. The van der Waals surface area contributed by atoms with Crippen molar-refractivity contribution in [1.29, 1.82) is 0 Å². The maximum absolute atomic E-state index is 11.9. The lowest BCUT2D eigenvalue weighted by molar-refractivity contribution is 0.0474. The van der Waals surface area contributed by atoms with Gasteiger partial charge in [0, 0.05) is 26.3 Å². The van der Waals surface area contributed by atoms with Crippen LogP contribution >= 0.6 is 0 Å².